The van der Waals surface area contributed by atoms with Crippen molar-refractivity contribution < 1.29 is 13.9 Å². The molecule has 2 N–H and O–H groups in total. The minimum Gasteiger partial charge on any atom is -0.494 e. The van der Waals surface area contributed by atoms with Crippen molar-refractivity contribution in [3.63, 3.8) is 0 Å². The van der Waals surface area contributed by atoms with Crippen LogP contribution in [0.1, 0.15) is 15.9 Å². The van der Waals surface area contributed by atoms with E-state index in [4.69, 9.17) is 4.74 Å². The molecule has 0 aliphatic carbocycles. The summed E-state index contributed by atoms with van der Waals surface area (Å²) in [5.74, 6) is -0.850. The van der Waals surface area contributed by atoms with Gasteiger partial charge in [-0.15, -0.1) is 0 Å². The van der Waals surface area contributed by atoms with Crippen LogP contribution < -0.4 is 10.4 Å². The van der Waals surface area contributed by atoms with Gasteiger partial charge in [-0.2, -0.15) is 0 Å². The van der Waals surface area contributed by atoms with Crippen molar-refractivity contribution in [3.8, 4) is 5.75 Å². The molecule has 5 nitrogen and oxygen atoms in total. The van der Waals surface area contributed by atoms with Gasteiger partial charge in [0.15, 0.2) is 17.3 Å². The molecule has 0 amide bonds. The summed E-state index contributed by atoms with van der Waals surface area (Å²) in [5.41, 5.74) is 1.37. The summed E-state index contributed by atoms with van der Waals surface area (Å²) in [6.45, 7) is 0. The second-order valence-electron chi connectivity index (χ2n) is 4.52. The summed E-state index contributed by atoms with van der Waals surface area (Å²) in [6.07, 6.45) is 0. The average Bonchev–Trinajstić information content (AvgIpc) is 2.85. The van der Waals surface area contributed by atoms with Gasteiger partial charge in [-0.3, -0.25) is 4.79 Å². The van der Waals surface area contributed by atoms with E-state index >= 15 is 0 Å². The lowest BCUT2D eigenvalue weighted by Gasteiger charge is -2.05. The predicted octanol–water partition coefficient (Wildman–Crippen LogP) is 2.23. The normalized spacial score (nSPS) is 10.8. The second kappa shape index (κ2) is 4.90. The summed E-state index contributed by atoms with van der Waals surface area (Å²) >= 11 is 0. The van der Waals surface area contributed by atoms with Crippen LogP contribution in [0.15, 0.2) is 41.2 Å². The summed E-state index contributed by atoms with van der Waals surface area (Å²) in [4.78, 5) is 28.7. The molecule has 106 valence electrons. The van der Waals surface area contributed by atoms with Crippen LogP contribution in [0.5, 0.6) is 5.75 Å². The monoisotopic (exact) mass is 286 g/mol. The second-order valence-corrected chi connectivity index (χ2v) is 4.52. The molecule has 0 unspecified atom stereocenters. The van der Waals surface area contributed by atoms with Crippen molar-refractivity contribution in [2.45, 2.75) is 0 Å². The molecule has 1 heterocycles. The van der Waals surface area contributed by atoms with Crippen LogP contribution in [0.4, 0.5) is 4.39 Å². The molecule has 0 radical (unpaired) electrons. The van der Waals surface area contributed by atoms with Gasteiger partial charge in [-0.05, 0) is 36.4 Å². The highest BCUT2D eigenvalue weighted by molar-refractivity contribution is 6.10. The van der Waals surface area contributed by atoms with E-state index < -0.39 is 5.82 Å². The number of carbonyl (C=O) groups excluding carboxylic acids is 1. The number of carbonyl (C=O) groups is 1. The third-order valence-corrected chi connectivity index (χ3v) is 3.19. The molecule has 0 bridgehead atoms. The Bertz CT molecular complexity index is 895. The molecular formula is C15H11FN2O3. The number of aromatic nitrogens is 2. The number of halogens is 1. The van der Waals surface area contributed by atoms with Gasteiger partial charge in [0.1, 0.15) is 0 Å². The average molecular weight is 286 g/mol. The Hall–Kier alpha value is -2.89. The van der Waals surface area contributed by atoms with E-state index in [9.17, 15) is 14.0 Å². The Labute approximate surface area is 118 Å². The predicted molar refractivity (Wildman–Crippen MR) is 75.3 cm³/mol. The maximum Gasteiger partial charge on any atom is 0.323 e. The van der Waals surface area contributed by atoms with Crippen molar-refractivity contribution in [2.75, 3.05) is 7.11 Å². The first-order valence-electron chi connectivity index (χ1n) is 6.19. The molecule has 0 fully saturated rings. The fraction of sp³-hybridized carbons (Fsp3) is 0.0667. The summed E-state index contributed by atoms with van der Waals surface area (Å²) in [6, 6.07) is 8.79. The third kappa shape index (κ3) is 2.31. The Morgan fingerprint density at radius 1 is 1.05 bits per heavy atom. The Kier molecular flexibility index (Phi) is 3.06. The summed E-state index contributed by atoms with van der Waals surface area (Å²) < 4.78 is 18.5. The van der Waals surface area contributed by atoms with Crippen molar-refractivity contribution in [3.05, 3.63) is 63.8 Å². The zero-order chi connectivity index (χ0) is 15.0. The van der Waals surface area contributed by atoms with Gasteiger partial charge in [0.05, 0.1) is 18.1 Å². The Balaban J connectivity index is 2.03. The number of aromatic amines is 2. The zero-order valence-corrected chi connectivity index (χ0v) is 11.1. The number of rotatable bonds is 3. The lowest BCUT2D eigenvalue weighted by Crippen LogP contribution is -2.02. The zero-order valence-electron chi connectivity index (χ0n) is 11.1. The molecule has 0 aliphatic rings. The van der Waals surface area contributed by atoms with E-state index in [1.807, 2.05) is 0 Å². The lowest BCUT2D eigenvalue weighted by molar-refractivity contribution is 0.103. The summed E-state index contributed by atoms with van der Waals surface area (Å²) in [5, 5.41) is 0. The van der Waals surface area contributed by atoms with Crippen molar-refractivity contribution in [1.82, 2.24) is 9.97 Å². The van der Waals surface area contributed by atoms with Gasteiger partial charge in [-0.25, -0.2) is 9.18 Å². The standard InChI is InChI=1S/C15H11FN2O3/c1-21-13-5-3-8(6-10(13)16)14(19)9-2-4-11-12(7-9)18-15(20)17-11/h2-7H,1H3,(H2,17,18,20). The first-order chi connectivity index (χ1) is 10.1. The molecule has 0 atom stereocenters. The maximum absolute atomic E-state index is 13.7. The first-order valence-corrected chi connectivity index (χ1v) is 6.19. The smallest absolute Gasteiger partial charge is 0.323 e. The van der Waals surface area contributed by atoms with Crippen LogP contribution in [0.25, 0.3) is 11.0 Å². The topological polar surface area (TPSA) is 75.0 Å². The minimum absolute atomic E-state index is 0.0805. The highest BCUT2D eigenvalue weighted by Crippen LogP contribution is 2.20. The van der Waals surface area contributed by atoms with Gasteiger partial charge in [0.25, 0.3) is 0 Å². The molecule has 21 heavy (non-hydrogen) atoms. The van der Waals surface area contributed by atoms with E-state index in [-0.39, 0.29) is 22.8 Å². The van der Waals surface area contributed by atoms with Gasteiger partial charge >= 0.3 is 5.69 Å². The number of fused-ring (bicyclic) bond motifs is 1. The van der Waals surface area contributed by atoms with E-state index in [0.29, 0.717) is 16.6 Å². The molecule has 1 aromatic heterocycles. The molecule has 3 rings (SSSR count). The van der Waals surface area contributed by atoms with Crippen molar-refractivity contribution in [1.29, 1.82) is 0 Å². The van der Waals surface area contributed by atoms with Crippen LogP contribution in [0.2, 0.25) is 0 Å². The number of methoxy groups -OCH3 is 1. The van der Waals surface area contributed by atoms with E-state index in [2.05, 4.69) is 9.97 Å². The third-order valence-electron chi connectivity index (χ3n) is 3.19. The molecular weight excluding hydrogens is 275 g/mol. The van der Waals surface area contributed by atoms with Gasteiger partial charge in [0, 0.05) is 11.1 Å². The number of hydrogen-bond donors (Lipinski definition) is 2. The van der Waals surface area contributed by atoms with Crippen LogP contribution in [0.3, 0.4) is 0 Å². The van der Waals surface area contributed by atoms with Gasteiger partial charge < -0.3 is 14.7 Å². The molecule has 6 heteroatoms. The van der Waals surface area contributed by atoms with Crippen molar-refractivity contribution in [2.24, 2.45) is 0 Å². The number of imidazole rings is 1. The Morgan fingerprint density at radius 2 is 1.71 bits per heavy atom. The van der Waals surface area contributed by atoms with Gasteiger partial charge in [0.2, 0.25) is 0 Å². The molecule has 2 aromatic carbocycles. The minimum atomic E-state index is -0.598. The van der Waals surface area contributed by atoms with E-state index in [1.165, 1.54) is 19.2 Å². The highest BCUT2D eigenvalue weighted by atomic mass is 19.1. The van der Waals surface area contributed by atoms with Crippen molar-refractivity contribution >= 4 is 16.8 Å². The number of hydrogen-bond acceptors (Lipinski definition) is 3. The number of ether oxygens (including phenoxy) is 1. The molecule has 0 aliphatic heterocycles. The van der Waals surface area contributed by atoms with Crippen LogP contribution >= 0.6 is 0 Å². The Morgan fingerprint density at radius 3 is 2.43 bits per heavy atom. The molecule has 0 saturated heterocycles. The highest BCUT2D eigenvalue weighted by Gasteiger charge is 2.13. The fourth-order valence-corrected chi connectivity index (χ4v) is 2.15. The fourth-order valence-electron chi connectivity index (χ4n) is 2.15. The number of nitrogens with one attached hydrogen (secondary N) is 2. The van der Waals surface area contributed by atoms with Crippen LogP contribution in [-0.4, -0.2) is 22.9 Å². The maximum atomic E-state index is 13.7. The summed E-state index contributed by atoms with van der Waals surface area (Å²) in [7, 11) is 1.36. The quantitative estimate of drug-likeness (QED) is 0.725. The van der Waals surface area contributed by atoms with Gasteiger partial charge in [-0.1, -0.05) is 0 Å². The number of benzene rings is 2. The van der Waals surface area contributed by atoms with Crippen LogP contribution in [0, 0.1) is 5.82 Å². The lowest BCUT2D eigenvalue weighted by atomic mass is 10.0. The molecule has 0 spiro atoms. The SMILES string of the molecule is COc1ccc(C(=O)c2ccc3[nH]c(=O)[nH]c3c2)cc1F. The van der Waals surface area contributed by atoms with E-state index in [0.717, 1.165) is 6.07 Å². The molecule has 3 aromatic rings. The largest absolute Gasteiger partial charge is 0.494 e. The first kappa shape index (κ1) is 13.1. The van der Waals surface area contributed by atoms with E-state index in [1.54, 1.807) is 18.2 Å². The number of ketones is 1. The molecule has 0 saturated carbocycles. The van der Waals surface area contributed by atoms with Crippen LogP contribution in [-0.2, 0) is 0 Å². The number of H-pyrrole nitrogens is 2.